The molecule has 1 aromatic heterocycles. The molecule has 0 fully saturated rings. The lowest BCUT2D eigenvalue weighted by Gasteiger charge is -2.17. The number of anilines is 1. The molecule has 0 radical (unpaired) electrons. The summed E-state index contributed by atoms with van der Waals surface area (Å²) < 4.78 is 4.02. The van der Waals surface area contributed by atoms with Crippen molar-refractivity contribution >= 4 is 28.4 Å². The fourth-order valence-electron chi connectivity index (χ4n) is 1.92. The zero-order valence-corrected chi connectivity index (χ0v) is 12.2. The zero-order valence-electron chi connectivity index (χ0n) is 11.4. The van der Waals surface area contributed by atoms with E-state index in [1.165, 1.54) is 4.90 Å². The second kappa shape index (κ2) is 5.42. The van der Waals surface area contributed by atoms with Gasteiger partial charge in [-0.1, -0.05) is 18.2 Å². The van der Waals surface area contributed by atoms with Gasteiger partial charge in [0.2, 0.25) is 0 Å². The number of benzene rings is 1. The summed E-state index contributed by atoms with van der Waals surface area (Å²) in [6.45, 7) is 3.46. The number of aromatic carboxylic acids is 1. The molecule has 2 rings (SSSR count). The SMILES string of the molecule is Cc1ccccc1C(=O)N(C)c1snc(C)c1C(=O)O. The van der Waals surface area contributed by atoms with Crippen LogP contribution in [0.25, 0.3) is 0 Å². The van der Waals surface area contributed by atoms with Gasteiger partial charge in [0, 0.05) is 12.6 Å². The van der Waals surface area contributed by atoms with E-state index in [9.17, 15) is 14.7 Å². The van der Waals surface area contributed by atoms with Crippen LogP contribution in [0, 0.1) is 13.8 Å². The van der Waals surface area contributed by atoms with Crippen molar-refractivity contribution in [3.8, 4) is 0 Å². The molecule has 0 aliphatic heterocycles. The number of nitrogens with zero attached hydrogens (tertiary/aromatic N) is 2. The summed E-state index contributed by atoms with van der Waals surface area (Å²) >= 11 is 1.02. The Bertz CT molecular complexity index is 679. The number of aryl methyl sites for hydroxylation is 2. The minimum absolute atomic E-state index is 0.0828. The summed E-state index contributed by atoms with van der Waals surface area (Å²) in [4.78, 5) is 25.1. The van der Waals surface area contributed by atoms with Gasteiger partial charge in [0.25, 0.3) is 5.91 Å². The van der Waals surface area contributed by atoms with Crippen molar-refractivity contribution in [2.45, 2.75) is 13.8 Å². The number of hydrogen-bond donors (Lipinski definition) is 1. The molecule has 20 heavy (non-hydrogen) atoms. The van der Waals surface area contributed by atoms with Crippen LogP contribution in [0.5, 0.6) is 0 Å². The minimum Gasteiger partial charge on any atom is -0.478 e. The van der Waals surface area contributed by atoms with Crippen LogP contribution in [0.3, 0.4) is 0 Å². The van der Waals surface area contributed by atoms with Crippen molar-refractivity contribution in [3.05, 3.63) is 46.6 Å². The molecule has 5 nitrogen and oxygen atoms in total. The number of carbonyl (C=O) groups excluding carboxylic acids is 1. The van der Waals surface area contributed by atoms with Crippen LogP contribution in [0.4, 0.5) is 5.00 Å². The Morgan fingerprint density at radius 3 is 2.50 bits per heavy atom. The first kappa shape index (κ1) is 14.2. The number of carbonyl (C=O) groups is 2. The van der Waals surface area contributed by atoms with Crippen molar-refractivity contribution < 1.29 is 14.7 Å². The number of carboxylic acid groups (broad SMARTS) is 1. The van der Waals surface area contributed by atoms with E-state index in [2.05, 4.69) is 4.37 Å². The van der Waals surface area contributed by atoms with Gasteiger partial charge in [-0.2, -0.15) is 4.37 Å². The van der Waals surface area contributed by atoms with Crippen LogP contribution >= 0.6 is 11.5 Å². The molecule has 6 heteroatoms. The van der Waals surface area contributed by atoms with E-state index in [4.69, 9.17) is 0 Å². The molecule has 1 heterocycles. The summed E-state index contributed by atoms with van der Waals surface area (Å²) in [6.07, 6.45) is 0. The molecule has 0 atom stereocenters. The van der Waals surface area contributed by atoms with Gasteiger partial charge in [-0.3, -0.25) is 4.79 Å². The van der Waals surface area contributed by atoms with Crippen LogP contribution < -0.4 is 4.90 Å². The van der Waals surface area contributed by atoms with E-state index in [1.54, 1.807) is 26.1 Å². The standard InChI is InChI=1S/C14H14N2O3S/c1-8-6-4-5-7-10(8)12(17)16(3)13-11(14(18)19)9(2)15-20-13/h4-7H,1-3H3,(H,18,19). The molecule has 0 spiro atoms. The maximum Gasteiger partial charge on any atom is 0.340 e. The number of amides is 1. The first-order valence-corrected chi connectivity index (χ1v) is 6.74. The second-order valence-electron chi connectivity index (χ2n) is 4.43. The summed E-state index contributed by atoms with van der Waals surface area (Å²) in [7, 11) is 1.56. The quantitative estimate of drug-likeness (QED) is 0.943. The molecule has 104 valence electrons. The van der Waals surface area contributed by atoms with Gasteiger partial charge in [-0.25, -0.2) is 4.79 Å². The summed E-state index contributed by atoms with van der Waals surface area (Å²) in [6, 6.07) is 7.20. The van der Waals surface area contributed by atoms with E-state index in [0.717, 1.165) is 17.1 Å². The van der Waals surface area contributed by atoms with E-state index >= 15 is 0 Å². The predicted molar refractivity (Wildman–Crippen MR) is 77.7 cm³/mol. The lowest BCUT2D eigenvalue weighted by molar-refractivity contribution is 0.0697. The van der Waals surface area contributed by atoms with Gasteiger partial charge in [0.1, 0.15) is 10.6 Å². The van der Waals surface area contributed by atoms with Crippen LogP contribution in [0.2, 0.25) is 0 Å². The molecule has 0 aliphatic carbocycles. The normalized spacial score (nSPS) is 10.3. The molecule has 0 unspecified atom stereocenters. The first-order chi connectivity index (χ1) is 9.43. The highest BCUT2D eigenvalue weighted by Gasteiger charge is 2.25. The smallest absolute Gasteiger partial charge is 0.340 e. The Labute approximate surface area is 120 Å². The van der Waals surface area contributed by atoms with Crippen molar-refractivity contribution in [1.29, 1.82) is 0 Å². The van der Waals surface area contributed by atoms with Gasteiger partial charge in [0.05, 0.1) is 5.69 Å². The fourth-order valence-corrected chi connectivity index (χ4v) is 2.77. The number of hydrogen-bond acceptors (Lipinski definition) is 4. The Hall–Kier alpha value is -2.21. The van der Waals surface area contributed by atoms with Crippen LogP contribution in [-0.4, -0.2) is 28.4 Å². The third-order valence-corrected chi connectivity index (χ3v) is 4.06. The maximum absolute atomic E-state index is 12.5. The van der Waals surface area contributed by atoms with E-state index in [-0.39, 0.29) is 11.5 Å². The molecule has 1 amide bonds. The molecule has 1 aromatic carbocycles. The summed E-state index contributed by atoms with van der Waals surface area (Å²) in [5.41, 5.74) is 1.90. The zero-order chi connectivity index (χ0) is 14.9. The Morgan fingerprint density at radius 2 is 1.90 bits per heavy atom. The predicted octanol–water partition coefficient (Wildman–Crippen LogP) is 2.73. The monoisotopic (exact) mass is 290 g/mol. The van der Waals surface area contributed by atoms with E-state index in [1.807, 2.05) is 19.1 Å². The van der Waals surface area contributed by atoms with Crippen molar-refractivity contribution in [1.82, 2.24) is 4.37 Å². The molecule has 0 bridgehead atoms. The van der Waals surface area contributed by atoms with Crippen molar-refractivity contribution in [3.63, 3.8) is 0 Å². The molecule has 0 aliphatic rings. The van der Waals surface area contributed by atoms with Gasteiger partial charge >= 0.3 is 5.97 Å². The number of rotatable bonds is 3. The third-order valence-electron chi connectivity index (χ3n) is 3.04. The Morgan fingerprint density at radius 1 is 1.25 bits per heavy atom. The third kappa shape index (κ3) is 2.42. The Balaban J connectivity index is 2.42. The number of carboxylic acids is 1. The van der Waals surface area contributed by atoms with Crippen LogP contribution in [0.15, 0.2) is 24.3 Å². The van der Waals surface area contributed by atoms with E-state index < -0.39 is 5.97 Å². The molecular weight excluding hydrogens is 276 g/mol. The number of aromatic nitrogens is 1. The summed E-state index contributed by atoms with van der Waals surface area (Å²) in [5.74, 6) is -1.31. The topological polar surface area (TPSA) is 70.5 Å². The fraction of sp³-hybridized carbons (Fsp3) is 0.214. The molecule has 0 saturated heterocycles. The summed E-state index contributed by atoms with van der Waals surface area (Å²) in [5, 5.41) is 9.57. The van der Waals surface area contributed by atoms with Crippen molar-refractivity contribution in [2.24, 2.45) is 0 Å². The highest BCUT2D eigenvalue weighted by Crippen LogP contribution is 2.29. The highest BCUT2D eigenvalue weighted by molar-refractivity contribution is 7.11. The lowest BCUT2D eigenvalue weighted by Crippen LogP contribution is -2.27. The molecule has 2 aromatic rings. The second-order valence-corrected chi connectivity index (χ2v) is 5.18. The molecule has 1 N–H and O–H groups in total. The van der Waals surface area contributed by atoms with Gasteiger partial charge in [-0.05, 0) is 37.0 Å². The van der Waals surface area contributed by atoms with Gasteiger partial charge < -0.3 is 10.0 Å². The average molecular weight is 290 g/mol. The average Bonchev–Trinajstić information content (AvgIpc) is 2.79. The first-order valence-electron chi connectivity index (χ1n) is 5.96. The molecule has 0 saturated carbocycles. The Kier molecular flexibility index (Phi) is 3.85. The maximum atomic E-state index is 12.5. The van der Waals surface area contributed by atoms with Crippen molar-refractivity contribution in [2.75, 3.05) is 11.9 Å². The van der Waals surface area contributed by atoms with Crippen LogP contribution in [-0.2, 0) is 0 Å². The molecular formula is C14H14N2O3S. The van der Waals surface area contributed by atoms with Gasteiger partial charge in [-0.15, -0.1) is 0 Å². The van der Waals surface area contributed by atoms with Crippen LogP contribution in [0.1, 0.15) is 32.0 Å². The largest absolute Gasteiger partial charge is 0.478 e. The lowest BCUT2D eigenvalue weighted by atomic mass is 10.1. The highest BCUT2D eigenvalue weighted by atomic mass is 32.1. The van der Waals surface area contributed by atoms with Gasteiger partial charge in [0.15, 0.2) is 0 Å². The van der Waals surface area contributed by atoms with E-state index in [0.29, 0.717) is 16.3 Å². The minimum atomic E-state index is -1.07.